The number of hydrogen-bond donors (Lipinski definition) is 1. The van der Waals surface area contributed by atoms with E-state index in [0.717, 1.165) is 16.9 Å². The van der Waals surface area contributed by atoms with Gasteiger partial charge in [0.25, 0.3) is 0 Å². The van der Waals surface area contributed by atoms with Crippen LogP contribution in [0.5, 0.6) is 5.75 Å². The summed E-state index contributed by atoms with van der Waals surface area (Å²) < 4.78 is 20.9. The molecule has 0 aliphatic carbocycles. The van der Waals surface area contributed by atoms with Crippen LogP contribution in [0.4, 0.5) is 0 Å². The van der Waals surface area contributed by atoms with Gasteiger partial charge in [0.15, 0.2) is 0 Å². The van der Waals surface area contributed by atoms with Gasteiger partial charge >= 0.3 is 0 Å². The van der Waals surface area contributed by atoms with E-state index in [-0.39, 0.29) is 10.8 Å². The first-order chi connectivity index (χ1) is 10.8. The van der Waals surface area contributed by atoms with Gasteiger partial charge in [0.1, 0.15) is 16.5 Å². The number of ether oxygens (including phenoxy) is 1. The largest absolute Gasteiger partial charge is 0.598 e. The lowest BCUT2D eigenvalue weighted by atomic mass is 9.99. The van der Waals surface area contributed by atoms with Crippen LogP contribution in [0.25, 0.3) is 0 Å². The third-order valence-electron chi connectivity index (χ3n) is 3.45. The summed E-state index contributed by atoms with van der Waals surface area (Å²) in [6, 6.07) is 14.9. The van der Waals surface area contributed by atoms with E-state index >= 15 is 0 Å². The molecule has 0 unspecified atom stereocenters. The summed E-state index contributed by atoms with van der Waals surface area (Å²) >= 11 is 5.13. The van der Waals surface area contributed by atoms with Gasteiger partial charge in [-0.15, -0.1) is 4.72 Å². The van der Waals surface area contributed by atoms with Crippen LogP contribution < -0.4 is 9.46 Å². The summed E-state index contributed by atoms with van der Waals surface area (Å²) in [7, 11) is 1.63. The van der Waals surface area contributed by atoms with Gasteiger partial charge in [-0.1, -0.05) is 48.0 Å². The highest BCUT2D eigenvalue weighted by Gasteiger charge is 2.32. The van der Waals surface area contributed by atoms with Crippen molar-refractivity contribution in [3.63, 3.8) is 0 Å². The summed E-state index contributed by atoms with van der Waals surface area (Å²) in [6.45, 7) is 5.80. The van der Waals surface area contributed by atoms with E-state index in [4.69, 9.17) is 16.3 Å². The Morgan fingerprint density at radius 3 is 2.17 bits per heavy atom. The summed E-state index contributed by atoms with van der Waals surface area (Å²) in [5, 5.41) is 0.627. The lowest BCUT2D eigenvalue weighted by Crippen LogP contribution is -2.41. The molecule has 23 heavy (non-hydrogen) atoms. The van der Waals surface area contributed by atoms with E-state index in [9.17, 15) is 4.55 Å². The Balaban J connectivity index is 2.50. The van der Waals surface area contributed by atoms with E-state index < -0.39 is 11.4 Å². The normalized spacial score (nSPS) is 14.3. The number of rotatable bonds is 5. The molecule has 1 N–H and O–H groups in total. The Morgan fingerprint density at radius 1 is 1.04 bits per heavy atom. The zero-order valence-electron chi connectivity index (χ0n) is 13.8. The molecular formula is C18H22ClNO2S. The zero-order chi connectivity index (χ0) is 17.0. The predicted octanol–water partition coefficient (Wildman–Crippen LogP) is 4.49. The van der Waals surface area contributed by atoms with Crippen molar-refractivity contribution in [2.24, 2.45) is 0 Å². The van der Waals surface area contributed by atoms with Crippen LogP contribution in [0.2, 0.25) is 5.02 Å². The standard InChI is InChI=1S/C18H22ClNO2S/c1-18(2,3)23(21)20-17(13-9-5-7-11-15(13)19)14-10-6-8-12-16(14)22-4/h5-12,17,20H,1-4H3/t17-,23+/m0/s1. The fraction of sp³-hybridized carbons (Fsp3) is 0.333. The summed E-state index contributed by atoms with van der Waals surface area (Å²) in [5.74, 6) is 0.732. The van der Waals surface area contributed by atoms with E-state index in [1.54, 1.807) is 7.11 Å². The molecule has 3 nitrogen and oxygen atoms in total. The second kappa shape index (κ2) is 7.58. The lowest BCUT2D eigenvalue weighted by molar-refractivity contribution is 0.406. The fourth-order valence-corrected chi connectivity index (χ4v) is 3.26. The van der Waals surface area contributed by atoms with Gasteiger partial charge in [-0.25, -0.2) is 0 Å². The molecule has 0 aromatic heterocycles. The molecule has 0 radical (unpaired) electrons. The minimum absolute atomic E-state index is 0.320. The number of halogens is 1. The van der Waals surface area contributed by atoms with E-state index in [0.29, 0.717) is 5.02 Å². The number of nitrogens with one attached hydrogen (secondary N) is 1. The molecule has 0 bridgehead atoms. The highest BCUT2D eigenvalue weighted by molar-refractivity contribution is 7.90. The van der Waals surface area contributed by atoms with Crippen molar-refractivity contribution in [1.29, 1.82) is 0 Å². The molecule has 2 aromatic rings. The van der Waals surface area contributed by atoms with Gasteiger partial charge in [0, 0.05) is 21.9 Å². The topological polar surface area (TPSA) is 44.3 Å². The molecule has 0 fully saturated rings. The van der Waals surface area contributed by atoms with Gasteiger partial charge in [-0.05, 0) is 38.5 Å². The maximum Gasteiger partial charge on any atom is 0.136 e. The lowest BCUT2D eigenvalue weighted by Gasteiger charge is -2.29. The van der Waals surface area contributed by atoms with Gasteiger partial charge in [-0.2, -0.15) is 0 Å². The van der Waals surface area contributed by atoms with Crippen molar-refractivity contribution in [3.8, 4) is 5.75 Å². The number of methoxy groups -OCH3 is 1. The molecule has 5 heteroatoms. The van der Waals surface area contributed by atoms with Crippen molar-refractivity contribution in [3.05, 3.63) is 64.7 Å². The SMILES string of the molecule is COc1ccccc1[C@@H](N[S@+]([O-])C(C)(C)C)c1ccccc1Cl. The maximum atomic E-state index is 12.6. The number of benzene rings is 2. The van der Waals surface area contributed by atoms with Crippen LogP contribution in [0.15, 0.2) is 48.5 Å². The Morgan fingerprint density at radius 2 is 1.61 bits per heavy atom. The Hall–Kier alpha value is -1.20. The van der Waals surface area contributed by atoms with Crippen molar-refractivity contribution in [2.45, 2.75) is 31.6 Å². The molecule has 0 spiro atoms. The molecule has 0 heterocycles. The molecule has 0 amide bonds. The molecule has 2 aromatic carbocycles. The van der Waals surface area contributed by atoms with Gasteiger partial charge < -0.3 is 9.29 Å². The molecule has 0 aliphatic heterocycles. The molecule has 0 aliphatic rings. The van der Waals surface area contributed by atoms with E-state index in [1.807, 2.05) is 69.3 Å². The van der Waals surface area contributed by atoms with Crippen LogP contribution in [-0.4, -0.2) is 16.4 Å². The molecule has 2 rings (SSSR count). The van der Waals surface area contributed by atoms with Crippen LogP contribution in [0.1, 0.15) is 37.9 Å². The Labute approximate surface area is 146 Å². The van der Waals surface area contributed by atoms with Gasteiger partial charge in [0.05, 0.1) is 7.11 Å². The minimum atomic E-state index is -1.25. The molecule has 2 atom stereocenters. The summed E-state index contributed by atoms with van der Waals surface area (Å²) in [4.78, 5) is 0. The summed E-state index contributed by atoms with van der Waals surface area (Å²) in [5.41, 5.74) is 1.77. The predicted molar refractivity (Wildman–Crippen MR) is 97.3 cm³/mol. The third-order valence-corrected chi connectivity index (χ3v) is 5.35. The number of hydrogen-bond acceptors (Lipinski definition) is 3. The summed E-state index contributed by atoms with van der Waals surface area (Å²) in [6.07, 6.45) is 0. The van der Waals surface area contributed by atoms with Crippen molar-refractivity contribution >= 4 is 23.0 Å². The van der Waals surface area contributed by atoms with Crippen LogP contribution in [0.3, 0.4) is 0 Å². The first-order valence-corrected chi connectivity index (χ1v) is 8.92. The first-order valence-electron chi connectivity index (χ1n) is 7.40. The van der Waals surface area contributed by atoms with Gasteiger partial charge in [-0.3, -0.25) is 0 Å². The Kier molecular flexibility index (Phi) is 5.98. The Bertz CT molecular complexity index is 657. The first kappa shape index (κ1) is 18.1. The monoisotopic (exact) mass is 351 g/mol. The number of para-hydroxylation sites is 1. The molecule has 0 saturated heterocycles. The van der Waals surface area contributed by atoms with E-state index in [1.165, 1.54) is 0 Å². The minimum Gasteiger partial charge on any atom is -0.598 e. The second-order valence-corrected chi connectivity index (χ2v) is 8.60. The second-order valence-electron chi connectivity index (χ2n) is 6.20. The van der Waals surface area contributed by atoms with Crippen LogP contribution >= 0.6 is 11.6 Å². The smallest absolute Gasteiger partial charge is 0.136 e. The average Bonchev–Trinajstić information content (AvgIpc) is 2.52. The quantitative estimate of drug-likeness (QED) is 0.807. The van der Waals surface area contributed by atoms with Crippen molar-refractivity contribution in [2.75, 3.05) is 7.11 Å². The van der Waals surface area contributed by atoms with Crippen LogP contribution in [-0.2, 0) is 11.4 Å². The third kappa shape index (κ3) is 4.42. The van der Waals surface area contributed by atoms with Gasteiger partial charge in [0.2, 0.25) is 0 Å². The average molecular weight is 352 g/mol. The highest BCUT2D eigenvalue weighted by atomic mass is 35.5. The zero-order valence-corrected chi connectivity index (χ0v) is 15.4. The molecule has 0 saturated carbocycles. The van der Waals surface area contributed by atoms with Crippen molar-refractivity contribution < 1.29 is 9.29 Å². The van der Waals surface area contributed by atoms with Crippen LogP contribution in [0, 0.1) is 0 Å². The molecular weight excluding hydrogens is 330 g/mol. The maximum absolute atomic E-state index is 12.6. The highest BCUT2D eigenvalue weighted by Crippen LogP contribution is 2.35. The van der Waals surface area contributed by atoms with E-state index in [2.05, 4.69) is 4.72 Å². The molecule has 124 valence electrons. The van der Waals surface area contributed by atoms with Crippen molar-refractivity contribution in [1.82, 2.24) is 4.72 Å². The fourth-order valence-electron chi connectivity index (χ4n) is 2.19.